The Bertz CT molecular complexity index is 29.3. The molecule has 0 saturated carbocycles. The molecule has 42 valence electrons. The summed E-state index contributed by atoms with van der Waals surface area (Å²) in [6, 6.07) is 0. The van der Waals surface area contributed by atoms with Crippen molar-refractivity contribution in [3.63, 3.8) is 0 Å². The predicted octanol–water partition coefficient (Wildman–Crippen LogP) is 0.949. The monoisotopic (exact) mass is 324 g/mol. The third-order valence-corrected chi connectivity index (χ3v) is 0.644. The van der Waals surface area contributed by atoms with Crippen LogP contribution in [0.2, 0.25) is 0 Å². The minimum Gasteiger partial charge on any atom is -0.333 e. The van der Waals surface area contributed by atoms with Crippen LogP contribution in [0.25, 0.3) is 0 Å². The first-order chi connectivity index (χ1) is 2.77. The molecular formula is C5H12NU-. The van der Waals surface area contributed by atoms with E-state index in [9.17, 15) is 0 Å². The van der Waals surface area contributed by atoms with Crippen LogP contribution in [0.5, 0.6) is 0 Å². The number of nitrogens with two attached hydrogens (primary N) is 1. The van der Waals surface area contributed by atoms with E-state index >= 15 is 0 Å². The van der Waals surface area contributed by atoms with Gasteiger partial charge in [0.05, 0.1) is 0 Å². The first-order valence-corrected chi connectivity index (χ1v) is 2.26. The number of hydrogen-bond donors (Lipinski definition) is 1. The summed E-state index contributed by atoms with van der Waals surface area (Å²) in [6.45, 7) is 4.97. The van der Waals surface area contributed by atoms with Gasteiger partial charge in [0.2, 0.25) is 0 Å². The molecular weight excluding hydrogens is 312 g/mol. The maximum absolute atomic E-state index is 5.21. The second kappa shape index (κ2) is 7.01. The van der Waals surface area contributed by atoms with Crippen LogP contribution in [0, 0.1) is 37.0 Å². The Morgan fingerprint density at radius 2 is 1.86 bits per heavy atom. The summed E-state index contributed by atoms with van der Waals surface area (Å²) in [5.74, 6) is 1.41. The second-order valence-electron chi connectivity index (χ2n) is 1.75. The molecule has 0 aromatic rings. The number of hydrogen-bond acceptors (Lipinski definition) is 1. The van der Waals surface area contributed by atoms with Crippen molar-refractivity contribution < 1.29 is 31.1 Å². The molecule has 0 heterocycles. The van der Waals surface area contributed by atoms with E-state index in [2.05, 4.69) is 13.8 Å². The van der Waals surface area contributed by atoms with Crippen molar-refractivity contribution >= 4 is 0 Å². The van der Waals surface area contributed by atoms with Crippen LogP contribution >= 0.6 is 0 Å². The minimum atomic E-state index is 0. The molecule has 1 nitrogen and oxygen atoms in total. The molecule has 0 atom stereocenters. The minimum absolute atomic E-state index is 0. The Hall–Kier alpha value is 1.01. The predicted molar refractivity (Wildman–Crippen MR) is 28.3 cm³/mol. The van der Waals surface area contributed by atoms with Gasteiger partial charge in [-0.25, -0.2) is 0 Å². The van der Waals surface area contributed by atoms with E-state index in [0.29, 0.717) is 0 Å². The molecule has 0 bridgehead atoms. The van der Waals surface area contributed by atoms with Crippen LogP contribution in [0.1, 0.15) is 20.3 Å². The van der Waals surface area contributed by atoms with Gasteiger partial charge in [-0.1, -0.05) is 0 Å². The van der Waals surface area contributed by atoms with Gasteiger partial charge in [-0.05, 0) is 6.54 Å². The normalized spacial score (nSPS) is 8.57. The summed E-state index contributed by atoms with van der Waals surface area (Å²) in [5, 5.41) is 0. The molecule has 7 heavy (non-hydrogen) atoms. The van der Waals surface area contributed by atoms with Gasteiger partial charge in [-0.3, -0.25) is 0 Å². The van der Waals surface area contributed by atoms with Gasteiger partial charge in [0.25, 0.3) is 0 Å². The topological polar surface area (TPSA) is 26.0 Å². The Morgan fingerprint density at radius 1 is 1.43 bits per heavy atom. The molecule has 0 unspecified atom stereocenters. The fourth-order valence-electron chi connectivity index (χ4n) is 0.289. The van der Waals surface area contributed by atoms with Gasteiger partial charge < -0.3 is 11.7 Å². The zero-order valence-corrected chi connectivity index (χ0v) is 9.16. The average molecular weight is 324 g/mol. The third-order valence-electron chi connectivity index (χ3n) is 0.644. The van der Waals surface area contributed by atoms with Crippen molar-refractivity contribution in [3.8, 4) is 0 Å². The molecule has 0 saturated heterocycles. The molecule has 0 aliphatic carbocycles. The van der Waals surface area contributed by atoms with E-state index in [0.717, 1.165) is 13.0 Å². The summed E-state index contributed by atoms with van der Waals surface area (Å²) in [5.41, 5.74) is 5.21. The first-order valence-electron chi connectivity index (χ1n) is 2.26. The Morgan fingerprint density at radius 3 is 1.86 bits per heavy atom. The van der Waals surface area contributed by atoms with E-state index in [-0.39, 0.29) is 31.1 Å². The van der Waals surface area contributed by atoms with Crippen molar-refractivity contribution in [2.45, 2.75) is 20.3 Å². The van der Waals surface area contributed by atoms with Crippen LogP contribution in [-0.2, 0) is 0 Å². The van der Waals surface area contributed by atoms with Crippen LogP contribution in [-0.4, -0.2) is 6.54 Å². The van der Waals surface area contributed by atoms with Crippen molar-refractivity contribution in [1.29, 1.82) is 0 Å². The zero-order valence-electron chi connectivity index (χ0n) is 4.99. The Kier molecular flexibility index (Phi) is 10.9. The standard InChI is InChI=1S/C5H12N.U/c1-5(2)3-4-6;/h3-4,6H2,1-2H3;/q-1;. The summed E-state index contributed by atoms with van der Waals surface area (Å²) in [7, 11) is 0. The third kappa shape index (κ3) is 10.9. The Balaban J connectivity index is 0. The molecule has 0 fully saturated rings. The molecule has 0 aliphatic heterocycles. The van der Waals surface area contributed by atoms with Crippen molar-refractivity contribution in [2.75, 3.05) is 6.54 Å². The van der Waals surface area contributed by atoms with Crippen LogP contribution < -0.4 is 5.73 Å². The summed E-state index contributed by atoms with van der Waals surface area (Å²) in [4.78, 5) is 0. The summed E-state index contributed by atoms with van der Waals surface area (Å²) in [6.07, 6.45) is 1.07. The maximum atomic E-state index is 5.21. The zero-order chi connectivity index (χ0) is 4.99. The first kappa shape index (κ1) is 10.9. The molecule has 0 amide bonds. The Labute approximate surface area is 69.4 Å². The molecule has 2 N–H and O–H groups in total. The van der Waals surface area contributed by atoms with Gasteiger partial charge in [0, 0.05) is 31.1 Å². The van der Waals surface area contributed by atoms with Gasteiger partial charge in [0.1, 0.15) is 0 Å². The molecule has 0 radical (unpaired) electrons. The molecule has 0 spiro atoms. The van der Waals surface area contributed by atoms with Crippen LogP contribution in [0.15, 0.2) is 0 Å². The largest absolute Gasteiger partial charge is 0.333 e. The average Bonchev–Trinajstić information content (AvgIpc) is 1.35. The smallest absolute Gasteiger partial charge is 0 e. The summed E-state index contributed by atoms with van der Waals surface area (Å²) >= 11 is 0. The van der Waals surface area contributed by atoms with Crippen molar-refractivity contribution in [2.24, 2.45) is 5.73 Å². The van der Waals surface area contributed by atoms with E-state index in [1.165, 1.54) is 5.92 Å². The molecule has 0 rings (SSSR count). The maximum Gasteiger partial charge on any atom is 0 e. The molecule has 0 aliphatic rings. The van der Waals surface area contributed by atoms with E-state index in [1.54, 1.807) is 0 Å². The second-order valence-corrected chi connectivity index (χ2v) is 1.75. The summed E-state index contributed by atoms with van der Waals surface area (Å²) < 4.78 is 0. The fourth-order valence-corrected chi connectivity index (χ4v) is 0.289. The van der Waals surface area contributed by atoms with Crippen molar-refractivity contribution in [1.82, 2.24) is 0 Å². The molecule has 2 heteroatoms. The van der Waals surface area contributed by atoms with Crippen LogP contribution in [0.4, 0.5) is 0 Å². The van der Waals surface area contributed by atoms with Crippen LogP contribution in [0.3, 0.4) is 0 Å². The SMILES string of the molecule is C[C-](C)CCN.[U]. The van der Waals surface area contributed by atoms with E-state index in [4.69, 9.17) is 5.73 Å². The van der Waals surface area contributed by atoms with E-state index < -0.39 is 0 Å². The van der Waals surface area contributed by atoms with Gasteiger partial charge in [0.15, 0.2) is 0 Å². The quantitative estimate of drug-likeness (QED) is 0.752. The van der Waals surface area contributed by atoms with E-state index in [1.807, 2.05) is 0 Å². The van der Waals surface area contributed by atoms with Gasteiger partial charge in [-0.2, -0.15) is 20.3 Å². The van der Waals surface area contributed by atoms with Gasteiger partial charge in [-0.15, -0.1) is 0 Å². The van der Waals surface area contributed by atoms with Gasteiger partial charge >= 0.3 is 0 Å². The molecule has 0 aromatic carbocycles. The fraction of sp³-hybridized carbons (Fsp3) is 0.800. The molecule has 0 aromatic heterocycles. The number of rotatable bonds is 2. The van der Waals surface area contributed by atoms with Crippen molar-refractivity contribution in [3.05, 3.63) is 5.92 Å².